The molecule has 0 spiro atoms. The van der Waals surface area contributed by atoms with Crippen LogP contribution in [0.4, 0.5) is 5.88 Å². The first-order chi connectivity index (χ1) is 5.74. The van der Waals surface area contributed by atoms with E-state index >= 15 is 0 Å². The molecule has 0 aliphatic carbocycles. The summed E-state index contributed by atoms with van der Waals surface area (Å²) >= 11 is 5.36. The second-order valence-electron chi connectivity index (χ2n) is 1.99. The molecule has 1 aromatic rings. The van der Waals surface area contributed by atoms with Crippen molar-refractivity contribution in [2.45, 2.75) is 0 Å². The summed E-state index contributed by atoms with van der Waals surface area (Å²) in [6.45, 7) is 0. The summed E-state index contributed by atoms with van der Waals surface area (Å²) in [6, 6.07) is 2.81. The number of rotatable bonds is 3. The number of nitro groups is 1. The lowest BCUT2D eigenvalue weighted by atomic mass is 10.4. The number of alkyl halides is 1. The predicted molar refractivity (Wildman–Crippen MR) is 45.1 cm³/mol. The highest BCUT2D eigenvalue weighted by atomic mass is 35.5. The molecule has 4 nitrogen and oxygen atoms in total. The third-order valence-electron chi connectivity index (χ3n) is 1.16. The van der Waals surface area contributed by atoms with E-state index in [2.05, 4.69) is 0 Å². The van der Waals surface area contributed by atoms with E-state index in [0.29, 0.717) is 11.6 Å². The zero-order valence-electron chi connectivity index (χ0n) is 6.07. The van der Waals surface area contributed by atoms with E-state index in [4.69, 9.17) is 16.0 Å². The van der Waals surface area contributed by atoms with Crippen LogP contribution in [-0.2, 0) is 0 Å². The molecule has 12 heavy (non-hydrogen) atoms. The summed E-state index contributed by atoms with van der Waals surface area (Å²) in [6.07, 6.45) is 3.23. The number of halogens is 1. The van der Waals surface area contributed by atoms with E-state index in [9.17, 15) is 10.1 Å². The SMILES string of the molecule is O=[N+]([O-])c1ccc(C=CCCl)o1. The van der Waals surface area contributed by atoms with Gasteiger partial charge in [0.05, 0.1) is 6.07 Å². The topological polar surface area (TPSA) is 56.3 Å². The molecule has 1 aromatic heterocycles. The molecule has 0 aliphatic heterocycles. The molecule has 0 unspecified atom stereocenters. The molecule has 0 amide bonds. The van der Waals surface area contributed by atoms with E-state index in [1.165, 1.54) is 12.1 Å². The standard InChI is InChI=1S/C7H6ClNO3/c8-5-1-2-6-3-4-7(12-6)9(10)11/h1-4H,5H2. The number of allylic oxidation sites excluding steroid dienone is 1. The monoisotopic (exact) mass is 187 g/mol. The molecule has 0 N–H and O–H groups in total. The Balaban J connectivity index is 2.77. The molecule has 0 fully saturated rings. The average molecular weight is 188 g/mol. The summed E-state index contributed by atoms with van der Waals surface area (Å²) in [4.78, 5) is 9.56. The van der Waals surface area contributed by atoms with Gasteiger partial charge in [-0.15, -0.1) is 11.6 Å². The average Bonchev–Trinajstić information content (AvgIpc) is 2.48. The van der Waals surface area contributed by atoms with Crippen LogP contribution < -0.4 is 0 Å². The van der Waals surface area contributed by atoms with Gasteiger partial charge in [0.2, 0.25) is 0 Å². The van der Waals surface area contributed by atoms with Gasteiger partial charge in [0.1, 0.15) is 10.7 Å². The van der Waals surface area contributed by atoms with Crippen molar-refractivity contribution < 1.29 is 9.34 Å². The van der Waals surface area contributed by atoms with Crippen LogP contribution in [0.3, 0.4) is 0 Å². The molecule has 0 radical (unpaired) electrons. The molecule has 0 aliphatic rings. The van der Waals surface area contributed by atoms with Gasteiger partial charge in [0, 0.05) is 5.88 Å². The molecule has 64 valence electrons. The van der Waals surface area contributed by atoms with Crippen LogP contribution in [0.25, 0.3) is 6.08 Å². The van der Waals surface area contributed by atoms with Gasteiger partial charge in [-0.05, 0) is 12.1 Å². The first kappa shape index (κ1) is 8.80. The molecule has 0 atom stereocenters. The molecular weight excluding hydrogens is 182 g/mol. The Morgan fingerprint density at radius 3 is 2.92 bits per heavy atom. The Morgan fingerprint density at radius 1 is 1.67 bits per heavy atom. The predicted octanol–water partition coefficient (Wildman–Crippen LogP) is 2.44. The van der Waals surface area contributed by atoms with Gasteiger partial charge >= 0.3 is 5.88 Å². The lowest BCUT2D eigenvalue weighted by Crippen LogP contribution is -1.82. The smallest absolute Gasteiger partial charge is 0.401 e. The molecule has 0 saturated heterocycles. The van der Waals surface area contributed by atoms with Gasteiger partial charge in [-0.2, -0.15) is 0 Å². The van der Waals surface area contributed by atoms with Gasteiger partial charge in [0.25, 0.3) is 0 Å². The minimum atomic E-state index is -0.585. The largest absolute Gasteiger partial charge is 0.433 e. The van der Waals surface area contributed by atoms with E-state index in [1.807, 2.05) is 0 Å². The zero-order valence-corrected chi connectivity index (χ0v) is 6.82. The third kappa shape index (κ3) is 2.10. The number of hydrogen-bond donors (Lipinski definition) is 0. The fourth-order valence-electron chi connectivity index (χ4n) is 0.691. The van der Waals surface area contributed by atoms with Gasteiger partial charge in [-0.25, -0.2) is 0 Å². The van der Waals surface area contributed by atoms with Crippen LogP contribution in [-0.4, -0.2) is 10.8 Å². The molecule has 1 heterocycles. The van der Waals surface area contributed by atoms with Crippen LogP contribution in [0.1, 0.15) is 5.76 Å². The quantitative estimate of drug-likeness (QED) is 0.415. The van der Waals surface area contributed by atoms with E-state index in [0.717, 1.165) is 0 Å². The van der Waals surface area contributed by atoms with Crippen LogP contribution in [0.2, 0.25) is 0 Å². The summed E-state index contributed by atoms with van der Waals surface area (Å²) in [5.41, 5.74) is 0. The first-order valence-corrected chi connectivity index (χ1v) is 3.74. The summed E-state index contributed by atoms with van der Waals surface area (Å²) in [5.74, 6) is 0.528. The van der Waals surface area contributed by atoms with Crippen molar-refractivity contribution in [3.8, 4) is 0 Å². The van der Waals surface area contributed by atoms with Crippen LogP contribution in [0, 0.1) is 10.1 Å². The van der Waals surface area contributed by atoms with Crippen LogP contribution in [0.5, 0.6) is 0 Å². The van der Waals surface area contributed by atoms with Gasteiger partial charge in [0.15, 0.2) is 0 Å². The molecular formula is C7H6ClNO3. The number of furan rings is 1. The maximum absolute atomic E-state index is 10.1. The minimum Gasteiger partial charge on any atom is -0.401 e. The summed E-state index contributed by atoms with van der Waals surface area (Å²) in [7, 11) is 0. The fourth-order valence-corrected chi connectivity index (χ4v) is 0.780. The maximum Gasteiger partial charge on any atom is 0.433 e. The van der Waals surface area contributed by atoms with Crippen molar-refractivity contribution >= 4 is 23.6 Å². The molecule has 0 bridgehead atoms. The summed E-state index contributed by atoms with van der Waals surface area (Å²) in [5, 5.41) is 10.1. The zero-order chi connectivity index (χ0) is 8.97. The van der Waals surface area contributed by atoms with Crippen molar-refractivity contribution in [1.29, 1.82) is 0 Å². The van der Waals surface area contributed by atoms with E-state index in [1.54, 1.807) is 12.2 Å². The fraction of sp³-hybridized carbons (Fsp3) is 0.143. The van der Waals surface area contributed by atoms with Crippen LogP contribution in [0.15, 0.2) is 22.6 Å². The third-order valence-corrected chi connectivity index (χ3v) is 1.34. The highest BCUT2D eigenvalue weighted by Gasteiger charge is 2.09. The van der Waals surface area contributed by atoms with E-state index in [-0.39, 0.29) is 5.88 Å². The Morgan fingerprint density at radius 2 is 2.42 bits per heavy atom. The van der Waals surface area contributed by atoms with Crippen molar-refractivity contribution in [3.05, 3.63) is 34.1 Å². The normalized spacial score (nSPS) is 10.8. The minimum absolute atomic E-state index is 0.260. The van der Waals surface area contributed by atoms with Crippen molar-refractivity contribution in [2.24, 2.45) is 0 Å². The van der Waals surface area contributed by atoms with E-state index < -0.39 is 4.92 Å². The Labute approximate surface area is 73.6 Å². The highest BCUT2D eigenvalue weighted by molar-refractivity contribution is 6.19. The lowest BCUT2D eigenvalue weighted by molar-refractivity contribution is -0.402. The Hall–Kier alpha value is -1.29. The number of nitrogens with zero attached hydrogens (tertiary/aromatic N) is 1. The second-order valence-corrected chi connectivity index (χ2v) is 2.30. The maximum atomic E-state index is 10.1. The van der Waals surface area contributed by atoms with Gasteiger partial charge in [-0.1, -0.05) is 6.08 Å². The van der Waals surface area contributed by atoms with Crippen molar-refractivity contribution in [2.75, 3.05) is 5.88 Å². The van der Waals surface area contributed by atoms with Gasteiger partial charge in [-0.3, -0.25) is 10.1 Å². The molecule has 0 aromatic carbocycles. The molecule has 1 rings (SSSR count). The Bertz CT molecular complexity index is 305. The van der Waals surface area contributed by atoms with Crippen molar-refractivity contribution in [1.82, 2.24) is 0 Å². The Kier molecular flexibility index (Phi) is 2.88. The first-order valence-electron chi connectivity index (χ1n) is 3.21. The summed E-state index contributed by atoms with van der Waals surface area (Å²) < 4.78 is 4.80. The molecule has 5 heteroatoms. The second kappa shape index (κ2) is 3.92. The number of hydrogen-bond acceptors (Lipinski definition) is 3. The van der Waals surface area contributed by atoms with Crippen molar-refractivity contribution in [3.63, 3.8) is 0 Å². The molecule has 0 saturated carbocycles. The highest BCUT2D eigenvalue weighted by Crippen LogP contribution is 2.16. The van der Waals surface area contributed by atoms with Gasteiger partial charge < -0.3 is 4.42 Å². The lowest BCUT2D eigenvalue weighted by Gasteiger charge is -1.82. The van der Waals surface area contributed by atoms with Crippen LogP contribution >= 0.6 is 11.6 Å².